The van der Waals surface area contributed by atoms with Crippen LogP contribution in [0.2, 0.25) is 0 Å². The van der Waals surface area contributed by atoms with Gasteiger partial charge in [-0.1, -0.05) is 24.3 Å². The van der Waals surface area contributed by atoms with E-state index in [-0.39, 0.29) is 35.5 Å². The van der Waals surface area contributed by atoms with Crippen molar-refractivity contribution in [1.82, 2.24) is 9.97 Å². The van der Waals surface area contributed by atoms with Crippen molar-refractivity contribution in [2.45, 2.75) is 37.0 Å². The average Bonchev–Trinajstić information content (AvgIpc) is 3.42. The van der Waals surface area contributed by atoms with E-state index in [0.717, 1.165) is 22.1 Å². The molecule has 38 heavy (non-hydrogen) atoms. The molecule has 0 N–H and O–H groups in total. The van der Waals surface area contributed by atoms with Gasteiger partial charge in [-0.05, 0) is 46.5 Å². The van der Waals surface area contributed by atoms with Gasteiger partial charge in [0.25, 0.3) is 11.8 Å². The van der Waals surface area contributed by atoms with E-state index in [1.54, 1.807) is 12.1 Å². The number of carbonyl (C=O) groups is 1. The molecule has 10 heteroatoms. The van der Waals surface area contributed by atoms with Crippen molar-refractivity contribution in [2.75, 3.05) is 10.7 Å². The summed E-state index contributed by atoms with van der Waals surface area (Å²) in [5.41, 5.74) is 4.48. The molecular formula is C28H19BF2N4O2S. The molecule has 0 aliphatic carbocycles. The number of aromatic nitrogens is 2. The quantitative estimate of drug-likeness (QED) is 0.359. The van der Waals surface area contributed by atoms with Crippen LogP contribution in [0.3, 0.4) is 0 Å². The lowest BCUT2D eigenvalue weighted by Gasteiger charge is -2.31. The SMILES string of the molecule is [B]c1nc2cc(CN(C(=O)c3ccc(C#N)nc3)c3cccc4c3SCCC4(F)F)ccc2c2c1COC2. The van der Waals surface area contributed by atoms with E-state index in [1.807, 2.05) is 24.3 Å². The number of hydrogen-bond acceptors (Lipinski definition) is 6. The summed E-state index contributed by atoms with van der Waals surface area (Å²) in [7, 11) is 6.17. The summed E-state index contributed by atoms with van der Waals surface area (Å²) in [4.78, 5) is 24.3. The van der Waals surface area contributed by atoms with Crippen LogP contribution in [-0.2, 0) is 30.4 Å². The molecule has 0 atom stereocenters. The van der Waals surface area contributed by atoms with E-state index >= 15 is 0 Å². The van der Waals surface area contributed by atoms with E-state index in [9.17, 15) is 13.6 Å². The Hall–Kier alpha value is -3.81. The van der Waals surface area contributed by atoms with Gasteiger partial charge in [0.2, 0.25) is 0 Å². The number of thioether (sulfide) groups is 1. The first-order valence-corrected chi connectivity index (χ1v) is 12.9. The molecule has 0 unspecified atom stereocenters. The van der Waals surface area contributed by atoms with Crippen molar-refractivity contribution >= 4 is 47.7 Å². The Balaban J connectivity index is 1.45. The van der Waals surface area contributed by atoms with E-state index < -0.39 is 11.8 Å². The van der Waals surface area contributed by atoms with Crippen molar-refractivity contribution in [3.8, 4) is 6.07 Å². The molecule has 2 radical (unpaired) electrons. The summed E-state index contributed by atoms with van der Waals surface area (Å²) < 4.78 is 35.2. The third-order valence-corrected chi connectivity index (χ3v) is 7.97. The minimum absolute atomic E-state index is 0.0782. The van der Waals surface area contributed by atoms with Crippen molar-refractivity contribution in [3.63, 3.8) is 0 Å². The Labute approximate surface area is 223 Å². The molecule has 2 aromatic carbocycles. The first-order chi connectivity index (χ1) is 18.4. The maximum Gasteiger partial charge on any atom is 0.275 e. The molecule has 0 spiro atoms. The molecule has 0 fully saturated rings. The van der Waals surface area contributed by atoms with Gasteiger partial charge in [0.15, 0.2) is 0 Å². The highest BCUT2D eigenvalue weighted by Crippen LogP contribution is 2.48. The second-order valence-electron chi connectivity index (χ2n) is 9.19. The lowest BCUT2D eigenvalue weighted by atomic mass is 9.92. The Bertz CT molecular complexity index is 1640. The molecular weight excluding hydrogens is 505 g/mol. The minimum Gasteiger partial charge on any atom is -0.372 e. The second-order valence-corrected chi connectivity index (χ2v) is 10.3. The predicted molar refractivity (Wildman–Crippen MR) is 141 cm³/mol. The second kappa shape index (κ2) is 9.50. The normalized spacial score (nSPS) is 15.5. The summed E-state index contributed by atoms with van der Waals surface area (Å²) in [6.07, 6.45) is 1.07. The molecule has 6 nitrogen and oxygen atoms in total. The largest absolute Gasteiger partial charge is 0.372 e. The predicted octanol–water partition coefficient (Wildman–Crippen LogP) is 4.76. The number of hydrogen-bond donors (Lipinski definition) is 0. The van der Waals surface area contributed by atoms with Crippen LogP contribution in [0.1, 0.15) is 44.7 Å². The Morgan fingerprint density at radius 3 is 2.82 bits per heavy atom. The third kappa shape index (κ3) is 4.22. The molecule has 186 valence electrons. The van der Waals surface area contributed by atoms with Gasteiger partial charge < -0.3 is 9.64 Å². The van der Waals surface area contributed by atoms with Gasteiger partial charge >= 0.3 is 0 Å². The van der Waals surface area contributed by atoms with Crippen molar-refractivity contribution < 1.29 is 18.3 Å². The van der Waals surface area contributed by atoms with E-state index in [4.69, 9.17) is 17.8 Å². The number of ether oxygens (including phenoxy) is 1. The smallest absolute Gasteiger partial charge is 0.275 e. The van der Waals surface area contributed by atoms with Crippen LogP contribution in [-0.4, -0.2) is 29.5 Å². The summed E-state index contributed by atoms with van der Waals surface area (Å²) in [5.74, 6) is -3.15. The first-order valence-electron chi connectivity index (χ1n) is 12.0. The van der Waals surface area contributed by atoms with Crippen LogP contribution in [0.25, 0.3) is 10.9 Å². The fourth-order valence-electron chi connectivity index (χ4n) is 4.90. The topological polar surface area (TPSA) is 79.1 Å². The maximum atomic E-state index is 14.8. The lowest BCUT2D eigenvalue weighted by Crippen LogP contribution is -2.32. The molecule has 1 amide bonds. The van der Waals surface area contributed by atoms with Gasteiger partial charge in [-0.2, -0.15) is 5.26 Å². The lowest BCUT2D eigenvalue weighted by molar-refractivity contribution is -0.0115. The Kier molecular flexibility index (Phi) is 6.13. The van der Waals surface area contributed by atoms with Crippen LogP contribution in [0.4, 0.5) is 14.5 Å². The van der Waals surface area contributed by atoms with Crippen LogP contribution in [0, 0.1) is 11.3 Å². The molecule has 2 aliphatic heterocycles. The summed E-state index contributed by atoms with van der Waals surface area (Å²) in [5, 5.41) is 10.0. The van der Waals surface area contributed by atoms with Gasteiger partial charge in [-0.25, -0.2) is 13.8 Å². The monoisotopic (exact) mass is 524 g/mol. The number of benzene rings is 2. The number of nitriles is 1. The zero-order chi connectivity index (χ0) is 26.4. The molecule has 2 aliphatic rings. The van der Waals surface area contributed by atoms with Gasteiger partial charge in [0.05, 0.1) is 36.5 Å². The standard InChI is InChI=1S/C28H19BF2N4O2S/c29-26-21-15-37-14-20(21)19-7-4-16(10-23(19)34-26)13-35(27(36)17-5-6-18(11-32)33-12-17)24-3-1-2-22-25(24)38-9-8-28(22,30)31/h1-7,10,12H,8-9,13-15H2. The number of amides is 1. The fourth-order valence-corrected chi connectivity index (χ4v) is 6.16. The van der Waals surface area contributed by atoms with E-state index in [1.165, 1.54) is 41.1 Å². The number of rotatable bonds is 4. The van der Waals surface area contributed by atoms with Crippen LogP contribution in [0.15, 0.2) is 59.6 Å². The van der Waals surface area contributed by atoms with E-state index in [2.05, 4.69) is 9.97 Å². The molecule has 0 saturated heterocycles. The highest BCUT2D eigenvalue weighted by atomic mass is 32.2. The molecule has 0 bridgehead atoms. The fraction of sp³-hybridized carbons (Fsp3) is 0.214. The van der Waals surface area contributed by atoms with Gasteiger partial charge in [-0.15, -0.1) is 11.8 Å². The number of nitrogens with zero attached hydrogens (tertiary/aromatic N) is 4. The highest BCUT2D eigenvalue weighted by molar-refractivity contribution is 7.99. The number of fused-ring (bicyclic) bond motifs is 4. The Morgan fingerprint density at radius 1 is 1.18 bits per heavy atom. The summed E-state index contributed by atoms with van der Waals surface area (Å²) >= 11 is 1.32. The highest BCUT2D eigenvalue weighted by Gasteiger charge is 2.39. The van der Waals surface area contributed by atoms with Crippen molar-refractivity contribution in [3.05, 3.63) is 88.2 Å². The summed E-state index contributed by atoms with van der Waals surface area (Å²) in [6.45, 7) is 0.983. The number of carbonyl (C=O) groups excluding carboxylic acids is 1. The van der Waals surface area contributed by atoms with Crippen LogP contribution < -0.4 is 10.5 Å². The number of anilines is 1. The molecule has 4 heterocycles. The zero-order valence-corrected chi connectivity index (χ0v) is 20.9. The van der Waals surface area contributed by atoms with Crippen molar-refractivity contribution in [2.24, 2.45) is 0 Å². The van der Waals surface area contributed by atoms with Gasteiger partial charge in [0.1, 0.15) is 19.6 Å². The van der Waals surface area contributed by atoms with Crippen molar-refractivity contribution in [1.29, 1.82) is 5.26 Å². The molecule has 4 aromatic rings. The molecule has 6 rings (SSSR count). The minimum atomic E-state index is -2.98. The number of alkyl halides is 2. The van der Waals surface area contributed by atoms with Gasteiger partial charge in [0, 0.05) is 34.2 Å². The maximum absolute atomic E-state index is 14.8. The zero-order valence-electron chi connectivity index (χ0n) is 20.1. The first kappa shape index (κ1) is 24.5. The summed E-state index contributed by atoms with van der Waals surface area (Å²) in [6, 6.07) is 15.3. The van der Waals surface area contributed by atoms with Crippen LogP contribution in [0.5, 0.6) is 0 Å². The number of halogens is 2. The average molecular weight is 524 g/mol. The van der Waals surface area contributed by atoms with E-state index in [0.29, 0.717) is 34.9 Å². The number of pyridine rings is 2. The molecule has 2 aromatic heterocycles. The van der Waals surface area contributed by atoms with Crippen LogP contribution >= 0.6 is 11.8 Å². The third-order valence-electron chi connectivity index (χ3n) is 6.85. The molecule has 0 saturated carbocycles. The van der Waals surface area contributed by atoms with Gasteiger partial charge in [-0.3, -0.25) is 9.78 Å². The Morgan fingerprint density at radius 2 is 2.03 bits per heavy atom.